The van der Waals surface area contributed by atoms with Gasteiger partial charge < -0.3 is 14.5 Å². The number of aromatic nitrogens is 1. The summed E-state index contributed by atoms with van der Waals surface area (Å²) in [7, 11) is 0. The van der Waals surface area contributed by atoms with Crippen molar-refractivity contribution in [2.24, 2.45) is 0 Å². The molecule has 0 unspecified atom stereocenters. The minimum Gasteiger partial charge on any atom is -0.444 e. The van der Waals surface area contributed by atoms with Gasteiger partial charge in [-0.25, -0.2) is 4.79 Å². The van der Waals surface area contributed by atoms with E-state index < -0.39 is 5.60 Å². The van der Waals surface area contributed by atoms with Crippen molar-refractivity contribution >= 4 is 34.5 Å². The highest BCUT2D eigenvalue weighted by atomic mass is 35.5. The number of benzene rings is 1. The van der Waals surface area contributed by atoms with E-state index in [4.69, 9.17) is 21.3 Å². The van der Waals surface area contributed by atoms with Crippen LogP contribution in [0.2, 0.25) is 5.02 Å². The van der Waals surface area contributed by atoms with Crippen LogP contribution in [0.1, 0.15) is 55.2 Å². The van der Waals surface area contributed by atoms with Crippen molar-refractivity contribution in [2.45, 2.75) is 52.1 Å². The molecular formula is C23H28ClN3O3. The van der Waals surface area contributed by atoms with E-state index in [1.54, 1.807) is 9.80 Å². The van der Waals surface area contributed by atoms with Crippen molar-refractivity contribution in [3.63, 3.8) is 0 Å². The second-order valence-corrected chi connectivity index (χ2v) is 9.43. The van der Waals surface area contributed by atoms with Crippen LogP contribution in [0.3, 0.4) is 0 Å². The fraction of sp³-hybridized carbons (Fsp3) is 0.522. The number of ether oxygens (including phenoxy) is 1. The van der Waals surface area contributed by atoms with Crippen LogP contribution in [0.4, 0.5) is 4.79 Å². The van der Waals surface area contributed by atoms with Gasteiger partial charge >= 0.3 is 6.09 Å². The average molecular weight is 430 g/mol. The first-order valence-corrected chi connectivity index (χ1v) is 11.0. The Morgan fingerprint density at radius 1 is 1.03 bits per heavy atom. The quantitative estimate of drug-likeness (QED) is 0.671. The second kappa shape index (κ2) is 8.06. The molecule has 1 aromatic carbocycles. The summed E-state index contributed by atoms with van der Waals surface area (Å²) in [6.07, 6.45) is 3.85. The predicted molar refractivity (Wildman–Crippen MR) is 117 cm³/mol. The van der Waals surface area contributed by atoms with Gasteiger partial charge in [0, 0.05) is 42.8 Å². The van der Waals surface area contributed by atoms with Gasteiger partial charge in [-0.15, -0.1) is 0 Å². The van der Waals surface area contributed by atoms with Crippen molar-refractivity contribution in [2.75, 3.05) is 26.2 Å². The van der Waals surface area contributed by atoms with Crippen LogP contribution in [0.15, 0.2) is 18.2 Å². The topological polar surface area (TPSA) is 62.7 Å². The van der Waals surface area contributed by atoms with Gasteiger partial charge in [0.05, 0.1) is 10.5 Å². The first kappa shape index (κ1) is 20.9. The van der Waals surface area contributed by atoms with Gasteiger partial charge in [-0.3, -0.25) is 9.78 Å². The molecule has 2 aromatic rings. The zero-order valence-electron chi connectivity index (χ0n) is 17.8. The predicted octanol–water partition coefficient (Wildman–Crippen LogP) is 4.46. The van der Waals surface area contributed by atoms with Crippen LogP contribution in [-0.2, 0) is 17.6 Å². The van der Waals surface area contributed by atoms with Crippen molar-refractivity contribution in [1.82, 2.24) is 14.8 Å². The van der Waals surface area contributed by atoms with Crippen molar-refractivity contribution in [1.29, 1.82) is 0 Å². The van der Waals surface area contributed by atoms with Crippen molar-refractivity contribution < 1.29 is 14.3 Å². The molecule has 6 nitrogen and oxygen atoms in total. The molecule has 1 saturated heterocycles. The third-order valence-electron chi connectivity index (χ3n) is 5.66. The first-order chi connectivity index (χ1) is 14.2. The Morgan fingerprint density at radius 2 is 1.70 bits per heavy atom. The molecule has 0 N–H and O–H groups in total. The molecular weight excluding hydrogens is 402 g/mol. The summed E-state index contributed by atoms with van der Waals surface area (Å²) in [4.78, 5) is 33.5. The van der Waals surface area contributed by atoms with Crippen LogP contribution >= 0.6 is 11.6 Å². The van der Waals surface area contributed by atoms with Crippen LogP contribution in [0, 0.1) is 0 Å². The lowest BCUT2D eigenvalue weighted by Gasteiger charge is -2.35. The number of hydrogen-bond acceptors (Lipinski definition) is 4. The zero-order chi connectivity index (χ0) is 21.5. The zero-order valence-corrected chi connectivity index (χ0v) is 18.6. The SMILES string of the molecule is CC(C)(C)OC(=O)N1CCN(C(=O)c2ccc3c(Cl)c4c(nc3c2)CCCC4)CC1. The molecule has 2 aliphatic rings. The maximum atomic E-state index is 13.1. The van der Waals surface area contributed by atoms with Gasteiger partial charge in [0.15, 0.2) is 0 Å². The highest BCUT2D eigenvalue weighted by molar-refractivity contribution is 6.36. The summed E-state index contributed by atoms with van der Waals surface area (Å²) in [5.41, 5.74) is 3.08. The molecule has 7 heteroatoms. The highest BCUT2D eigenvalue weighted by Crippen LogP contribution is 2.33. The number of piperazine rings is 1. The van der Waals surface area contributed by atoms with E-state index in [0.717, 1.165) is 52.9 Å². The van der Waals surface area contributed by atoms with Crippen LogP contribution in [0.5, 0.6) is 0 Å². The Kier molecular flexibility index (Phi) is 5.62. The Bertz CT molecular complexity index is 991. The van der Waals surface area contributed by atoms with E-state index in [1.165, 1.54) is 0 Å². The second-order valence-electron chi connectivity index (χ2n) is 9.05. The van der Waals surface area contributed by atoms with Gasteiger partial charge in [-0.05, 0) is 64.2 Å². The molecule has 30 heavy (non-hydrogen) atoms. The van der Waals surface area contributed by atoms with E-state index in [0.29, 0.717) is 31.7 Å². The normalized spacial score (nSPS) is 17.1. The highest BCUT2D eigenvalue weighted by Gasteiger charge is 2.28. The maximum Gasteiger partial charge on any atom is 0.410 e. The fourth-order valence-corrected chi connectivity index (χ4v) is 4.46. The van der Waals surface area contributed by atoms with Gasteiger partial charge in [0.2, 0.25) is 0 Å². The third kappa shape index (κ3) is 4.24. The summed E-state index contributed by atoms with van der Waals surface area (Å²) in [6.45, 7) is 7.44. The first-order valence-electron chi connectivity index (χ1n) is 10.6. The Morgan fingerprint density at radius 3 is 2.40 bits per heavy atom. The molecule has 1 fully saturated rings. The molecule has 160 valence electrons. The summed E-state index contributed by atoms with van der Waals surface area (Å²) < 4.78 is 5.43. The molecule has 2 heterocycles. The number of nitrogens with zero attached hydrogens (tertiary/aromatic N) is 3. The van der Waals surface area contributed by atoms with E-state index >= 15 is 0 Å². The lowest BCUT2D eigenvalue weighted by Crippen LogP contribution is -2.51. The number of halogens is 1. The van der Waals surface area contributed by atoms with Crippen molar-refractivity contribution in [3.8, 4) is 0 Å². The molecule has 0 atom stereocenters. The minimum absolute atomic E-state index is 0.0450. The number of hydrogen-bond donors (Lipinski definition) is 0. The molecule has 0 bridgehead atoms. The van der Waals surface area contributed by atoms with Gasteiger partial charge in [0.25, 0.3) is 5.91 Å². The number of carbonyl (C=O) groups is 2. The van der Waals surface area contributed by atoms with Gasteiger partial charge in [0.1, 0.15) is 5.60 Å². The monoisotopic (exact) mass is 429 g/mol. The van der Waals surface area contributed by atoms with Crippen molar-refractivity contribution in [3.05, 3.63) is 40.0 Å². The Labute approximate surface area is 182 Å². The number of rotatable bonds is 1. The Balaban J connectivity index is 1.48. The Hall–Kier alpha value is -2.34. The number of carbonyl (C=O) groups excluding carboxylic acids is 2. The molecule has 1 aliphatic carbocycles. The molecule has 0 spiro atoms. The lowest BCUT2D eigenvalue weighted by atomic mass is 9.94. The van der Waals surface area contributed by atoms with E-state index in [9.17, 15) is 9.59 Å². The number of amides is 2. The molecule has 0 radical (unpaired) electrons. The summed E-state index contributed by atoms with van der Waals surface area (Å²) in [5.74, 6) is -0.0450. The third-order valence-corrected chi connectivity index (χ3v) is 6.09. The molecule has 4 rings (SSSR count). The van der Waals surface area contributed by atoms with Crippen LogP contribution < -0.4 is 0 Å². The molecule has 1 aromatic heterocycles. The molecule has 2 amide bonds. The number of aryl methyl sites for hydroxylation is 1. The fourth-order valence-electron chi connectivity index (χ4n) is 4.10. The van der Waals surface area contributed by atoms with Gasteiger partial charge in [-0.2, -0.15) is 0 Å². The molecule has 1 aliphatic heterocycles. The number of pyridine rings is 1. The van der Waals surface area contributed by atoms with E-state index in [2.05, 4.69) is 0 Å². The largest absolute Gasteiger partial charge is 0.444 e. The smallest absolute Gasteiger partial charge is 0.410 e. The minimum atomic E-state index is -0.525. The standard InChI is InChI=1S/C23H28ClN3O3/c1-23(2,3)30-22(29)27-12-10-26(11-13-27)21(28)15-8-9-17-19(14-15)25-18-7-5-4-6-16(18)20(17)24/h8-9,14H,4-7,10-13H2,1-3H3. The van der Waals surface area contributed by atoms with E-state index in [1.807, 2.05) is 39.0 Å². The van der Waals surface area contributed by atoms with E-state index in [-0.39, 0.29) is 12.0 Å². The summed E-state index contributed by atoms with van der Waals surface area (Å²) in [5, 5.41) is 1.68. The summed E-state index contributed by atoms with van der Waals surface area (Å²) >= 11 is 6.65. The molecule has 0 saturated carbocycles. The maximum absolute atomic E-state index is 13.1. The van der Waals surface area contributed by atoms with Crippen LogP contribution in [0.25, 0.3) is 10.9 Å². The van der Waals surface area contributed by atoms with Gasteiger partial charge in [-0.1, -0.05) is 17.7 Å². The average Bonchev–Trinajstić information content (AvgIpc) is 2.72. The summed E-state index contributed by atoms with van der Waals surface area (Å²) in [6, 6.07) is 5.58. The van der Waals surface area contributed by atoms with Crippen LogP contribution in [-0.4, -0.2) is 58.6 Å². The number of fused-ring (bicyclic) bond motifs is 2. The lowest BCUT2D eigenvalue weighted by molar-refractivity contribution is 0.0141.